The summed E-state index contributed by atoms with van der Waals surface area (Å²) < 4.78 is 1.71. The van der Waals surface area contributed by atoms with Crippen LogP contribution < -0.4 is 0 Å². The van der Waals surface area contributed by atoms with Crippen molar-refractivity contribution in [1.29, 1.82) is 0 Å². The molecule has 0 heterocycles. The molecule has 0 aliphatic rings. The van der Waals surface area contributed by atoms with Gasteiger partial charge in [0.2, 0.25) is 0 Å². The Morgan fingerprint density at radius 1 is 0.923 bits per heavy atom. The molecule has 0 fully saturated rings. The lowest BCUT2D eigenvalue weighted by Crippen LogP contribution is -2.08. The van der Waals surface area contributed by atoms with E-state index in [-0.39, 0.29) is 0 Å². The third-order valence-electron chi connectivity index (χ3n) is 2.33. The van der Waals surface area contributed by atoms with Gasteiger partial charge < -0.3 is 0 Å². The van der Waals surface area contributed by atoms with Crippen LogP contribution in [-0.2, 0) is 0 Å². The van der Waals surface area contributed by atoms with Gasteiger partial charge in [0, 0.05) is 7.85 Å². The van der Waals surface area contributed by atoms with E-state index in [0.717, 1.165) is 7.85 Å². The van der Waals surface area contributed by atoms with E-state index in [4.69, 9.17) is 0 Å². The van der Waals surface area contributed by atoms with E-state index in [1.54, 1.807) is 0 Å². The molecule has 0 amide bonds. The summed E-state index contributed by atoms with van der Waals surface area (Å²) in [4.78, 5) is 0. The maximum absolute atomic E-state index is 2.59. The first-order valence-electron chi connectivity index (χ1n) is 5.46. The Hall–Kier alpha value is 1.46. The Kier molecular flexibility index (Phi) is 11.1. The lowest BCUT2D eigenvalue weighted by Gasteiger charge is -2.11. The molecule has 0 saturated heterocycles. The molecule has 0 N–H and O–H groups in total. The summed E-state index contributed by atoms with van der Waals surface area (Å²) >= 11 is 5.13. The Morgan fingerprint density at radius 3 is 2.00 bits per heavy atom. The second-order valence-corrected chi connectivity index (χ2v) is 7.31. The van der Waals surface area contributed by atoms with Crippen LogP contribution in [0.4, 0.5) is 0 Å². The first-order valence-corrected chi connectivity index (χ1v) is 7.95. The molecule has 0 aliphatic heterocycles. The van der Waals surface area contributed by atoms with Crippen molar-refractivity contribution in [2.24, 2.45) is 0 Å². The van der Waals surface area contributed by atoms with Crippen LogP contribution >= 0.6 is 45.2 Å². The minimum atomic E-state index is 0.828. The second kappa shape index (κ2) is 9.99. The minimum Gasteiger partial charge on any atom is -0.0818 e. The largest absolute Gasteiger partial charge is 0.0818 e. The highest BCUT2D eigenvalue weighted by atomic mass is 127. The van der Waals surface area contributed by atoms with Gasteiger partial charge in [0.1, 0.15) is 0 Å². The van der Waals surface area contributed by atoms with Crippen LogP contribution in [-0.4, -0.2) is 7.85 Å². The lowest BCUT2D eigenvalue weighted by atomic mass is 10.1. The molecule has 0 spiro atoms. The zero-order valence-electron chi connectivity index (χ0n) is 8.86. The predicted molar refractivity (Wildman–Crippen MR) is 79.3 cm³/mol. The highest BCUT2D eigenvalue weighted by molar-refractivity contribution is 14.1. The summed E-state index contributed by atoms with van der Waals surface area (Å²) in [5, 5.41) is 0. The van der Waals surface area contributed by atoms with Crippen LogP contribution in [0.15, 0.2) is 0 Å². The van der Waals surface area contributed by atoms with Gasteiger partial charge in [-0.3, -0.25) is 0 Å². The average Bonchev–Trinajstić information content (AvgIpc) is 2.10. The summed E-state index contributed by atoms with van der Waals surface area (Å²) in [7, 11) is 0. The standard InChI is InChI=1S/C11H22I2/c1-3-4-5-6-7-8-9-11(13)10(2)12/h10-11H,3-9H2,1-2H3. The van der Waals surface area contributed by atoms with Crippen molar-refractivity contribution in [1.82, 2.24) is 0 Å². The third-order valence-corrected chi connectivity index (χ3v) is 6.28. The van der Waals surface area contributed by atoms with Crippen molar-refractivity contribution in [3.8, 4) is 0 Å². The van der Waals surface area contributed by atoms with Crippen LogP contribution in [0.1, 0.15) is 58.8 Å². The van der Waals surface area contributed by atoms with E-state index >= 15 is 0 Å². The van der Waals surface area contributed by atoms with Crippen molar-refractivity contribution in [3.63, 3.8) is 0 Å². The van der Waals surface area contributed by atoms with Gasteiger partial charge in [-0.1, -0.05) is 97.6 Å². The van der Waals surface area contributed by atoms with Crippen LogP contribution in [0, 0.1) is 0 Å². The van der Waals surface area contributed by atoms with Crippen LogP contribution in [0.3, 0.4) is 0 Å². The molecule has 0 saturated carbocycles. The number of alkyl halides is 2. The van der Waals surface area contributed by atoms with E-state index in [9.17, 15) is 0 Å². The fourth-order valence-electron chi connectivity index (χ4n) is 1.35. The van der Waals surface area contributed by atoms with Gasteiger partial charge in [-0.05, 0) is 6.42 Å². The molecule has 0 rings (SSSR count). The minimum absolute atomic E-state index is 0.828. The van der Waals surface area contributed by atoms with E-state index in [0.29, 0.717) is 0 Å². The SMILES string of the molecule is CCCCCCCCC(I)C(C)I. The topological polar surface area (TPSA) is 0 Å². The zero-order chi connectivity index (χ0) is 10.1. The highest BCUT2D eigenvalue weighted by Gasteiger charge is 2.08. The Morgan fingerprint density at radius 2 is 1.46 bits per heavy atom. The molecule has 0 aromatic rings. The molecule has 0 bridgehead atoms. The number of unbranched alkanes of at least 4 members (excludes halogenated alkanes) is 5. The molecule has 80 valence electrons. The second-order valence-electron chi connectivity index (χ2n) is 3.75. The molecule has 2 unspecified atom stereocenters. The molecule has 0 aliphatic carbocycles. The fourth-order valence-corrected chi connectivity index (χ4v) is 2.15. The molecular weight excluding hydrogens is 386 g/mol. The summed E-state index contributed by atoms with van der Waals surface area (Å²) in [6, 6.07) is 0. The van der Waals surface area contributed by atoms with Crippen molar-refractivity contribution in [2.75, 3.05) is 0 Å². The summed E-state index contributed by atoms with van der Waals surface area (Å²) in [5.41, 5.74) is 0. The lowest BCUT2D eigenvalue weighted by molar-refractivity contribution is 0.586. The van der Waals surface area contributed by atoms with E-state index in [1.165, 1.54) is 44.9 Å². The van der Waals surface area contributed by atoms with Crippen LogP contribution in [0.5, 0.6) is 0 Å². The van der Waals surface area contributed by atoms with Gasteiger partial charge in [0.05, 0.1) is 0 Å². The molecule has 0 nitrogen and oxygen atoms in total. The van der Waals surface area contributed by atoms with Gasteiger partial charge in [-0.25, -0.2) is 0 Å². The number of halogens is 2. The predicted octanol–water partition coefficient (Wildman–Crippen LogP) is 5.36. The van der Waals surface area contributed by atoms with Crippen molar-refractivity contribution >= 4 is 45.2 Å². The molecule has 2 atom stereocenters. The van der Waals surface area contributed by atoms with E-state index < -0.39 is 0 Å². The maximum atomic E-state index is 2.59. The number of hydrogen-bond acceptors (Lipinski definition) is 0. The first kappa shape index (κ1) is 14.5. The molecule has 0 aromatic heterocycles. The number of rotatable bonds is 8. The maximum Gasteiger partial charge on any atom is 0.0225 e. The Bertz CT molecular complexity index is 102. The van der Waals surface area contributed by atoms with Gasteiger partial charge in [-0.2, -0.15) is 0 Å². The Balaban J connectivity index is 3.07. The number of hydrogen-bond donors (Lipinski definition) is 0. The first-order chi connectivity index (χ1) is 6.18. The van der Waals surface area contributed by atoms with Gasteiger partial charge in [0.15, 0.2) is 0 Å². The smallest absolute Gasteiger partial charge is 0.0225 e. The van der Waals surface area contributed by atoms with Gasteiger partial charge in [0.25, 0.3) is 0 Å². The zero-order valence-corrected chi connectivity index (χ0v) is 13.2. The molecule has 13 heavy (non-hydrogen) atoms. The quantitative estimate of drug-likeness (QED) is 0.288. The molecular formula is C11H22I2. The van der Waals surface area contributed by atoms with Crippen LogP contribution in [0.25, 0.3) is 0 Å². The molecule has 2 heteroatoms. The fraction of sp³-hybridized carbons (Fsp3) is 1.00. The van der Waals surface area contributed by atoms with E-state index in [1.807, 2.05) is 0 Å². The normalized spacial score (nSPS) is 15.7. The summed E-state index contributed by atoms with van der Waals surface area (Å²) in [6.45, 7) is 4.59. The Labute approximate surface area is 111 Å². The molecule has 0 radical (unpaired) electrons. The van der Waals surface area contributed by atoms with Crippen LogP contribution in [0.2, 0.25) is 0 Å². The van der Waals surface area contributed by atoms with Crippen molar-refractivity contribution < 1.29 is 0 Å². The van der Waals surface area contributed by atoms with E-state index in [2.05, 4.69) is 59.0 Å². The highest BCUT2D eigenvalue weighted by Crippen LogP contribution is 2.21. The summed E-state index contributed by atoms with van der Waals surface area (Å²) in [6.07, 6.45) is 9.98. The third kappa shape index (κ3) is 9.76. The van der Waals surface area contributed by atoms with Gasteiger partial charge >= 0.3 is 0 Å². The summed E-state index contributed by atoms with van der Waals surface area (Å²) in [5.74, 6) is 0. The van der Waals surface area contributed by atoms with Crippen molar-refractivity contribution in [3.05, 3.63) is 0 Å². The average molecular weight is 408 g/mol. The van der Waals surface area contributed by atoms with Crippen molar-refractivity contribution in [2.45, 2.75) is 66.6 Å². The monoisotopic (exact) mass is 408 g/mol. The van der Waals surface area contributed by atoms with Gasteiger partial charge in [-0.15, -0.1) is 0 Å². The molecule has 0 aromatic carbocycles.